The summed E-state index contributed by atoms with van der Waals surface area (Å²) in [5.41, 5.74) is 2.40. The van der Waals surface area contributed by atoms with Gasteiger partial charge in [0.05, 0.1) is 95.5 Å². The lowest BCUT2D eigenvalue weighted by atomic mass is 9.89. The van der Waals surface area contributed by atoms with E-state index in [0.29, 0.717) is 113 Å². The number of morpholine rings is 1. The number of benzene rings is 1. The summed E-state index contributed by atoms with van der Waals surface area (Å²) >= 11 is 6.51. The van der Waals surface area contributed by atoms with E-state index in [0.717, 1.165) is 49.9 Å². The van der Waals surface area contributed by atoms with Crippen molar-refractivity contribution in [2.24, 2.45) is 0 Å². The van der Waals surface area contributed by atoms with Crippen molar-refractivity contribution in [3.05, 3.63) is 54.5 Å². The normalized spacial score (nSPS) is 20.3. The van der Waals surface area contributed by atoms with Gasteiger partial charge in [0.1, 0.15) is 30.2 Å². The second-order valence-electron chi connectivity index (χ2n) is 15.3. The van der Waals surface area contributed by atoms with Crippen LogP contribution >= 0.6 is 11.6 Å². The van der Waals surface area contributed by atoms with E-state index in [-0.39, 0.29) is 24.4 Å². The number of aromatic nitrogens is 7. The average molecular weight is 856 g/mol. The van der Waals surface area contributed by atoms with E-state index in [4.69, 9.17) is 54.6 Å². The number of methoxy groups -OCH3 is 1. The predicted octanol–water partition coefficient (Wildman–Crippen LogP) is 5.87. The van der Waals surface area contributed by atoms with Crippen molar-refractivity contribution in [3.63, 3.8) is 0 Å². The third kappa shape index (κ3) is 14.6. The molecule has 0 amide bonds. The summed E-state index contributed by atoms with van der Waals surface area (Å²) in [6.07, 6.45) is 14.1. The second kappa shape index (κ2) is 24.5. The number of anilines is 2. The second-order valence-corrected chi connectivity index (χ2v) is 15.7. The van der Waals surface area contributed by atoms with Crippen molar-refractivity contribution in [2.45, 2.75) is 89.8 Å². The fourth-order valence-corrected chi connectivity index (χ4v) is 7.63. The van der Waals surface area contributed by atoms with Gasteiger partial charge in [0.2, 0.25) is 5.95 Å². The molecule has 2 aliphatic rings. The van der Waals surface area contributed by atoms with Crippen LogP contribution in [0.2, 0.25) is 5.02 Å². The van der Waals surface area contributed by atoms with Gasteiger partial charge in [0, 0.05) is 57.2 Å². The summed E-state index contributed by atoms with van der Waals surface area (Å²) < 4.78 is 49.4. The fraction of sp³-hybridized carbons (Fsp3) is 0.643. The Labute approximate surface area is 358 Å². The quantitative estimate of drug-likeness (QED) is 0.0746. The van der Waals surface area contributed by atoms with E-state index in [9.17, 15) is 0 Å². The van der Waals surface area contributed by atoms with Crippen LogP contribution in [0, 0.1) is 0 Å². The fourth-order valence-electron chi connectivity index (χ4n) is 7.47. The first kappa shape index (κ1) is 45.6. The zero-order valence-electron chi connectivity index (χ0n) is 35.5. The van der Waals surface area contributed by atoms with Gasteiger partial charge in [-0.05, 0) is 64.2 Å². The molecule has 3 aromatic heterocycles. The van der Waals surface area contributed by atoms with Gasteiger partial charge in [-0.3, -0.25) is 9.58 Å². The number of hydrogen-bond acceptors (Lipinski definition) is 15. The van der Waals surface area contributed by atoms with Gasteiger partial charge >= 0.3 is 0 Å². The van der Waals surface area contributed by atoms with Crippen LogP contribution < -0.4 is 14.8 Å². The van der Waals surface area contributed by atoms with E-state index in [1.807, 2.05) is 31.3 Å². The summed E-state index contributed by atoms with van der Waals surface area (Å²) in [6, 6.07) is 6.46. The lowest BCUT2D eigenvalue weighted by Gasteiger charge is -2.42. The summed E-state index contributed by atoms with van der Waals surface area (Å²) in [7, 11) is 1.65. The Hall–Kier alpha value is -3.94. The SMILES string of the molecule is COCCOCCOCCOCCOCCCOc1nn([C@H]2CC[C@H](N3C[C@@H](C)O[C@@H](C)C3)CC2)cc1Nc1ncc(-c2ccc(Cl)c(O[C@@H](C)Cn3cncn3)c2)cn1. The summed E-state index contributed by atoms with van der Waals surface area (Å²) in [5.74, 6) is 1.50. The number of nitrogens with one attached hydrogen (secondary N) is 1. The Morgan fingerprint density at radius 3 is 2.13 bits per heavy atom. The molecule has 0 radical (unpaired) electrons. The molecule has 1 aromatic carbocycles. The van der Waals surface area contributed by atoms with Crippen molar-refractivity contribution < 1.29 is 37.9 Å². The Balaban J connectivity index is 1.00. The molecular weight excluding hydrogens is 794 g/mol. The average Bonchev–Trinajstić information content (AvgIpc) is 3.91. The highest BCUT2D eigenvalue weighted by molar-refractivity contribution is 6.32. The molecule has 6 rings (SSSR count). The van der Waals surface area contributed by atoms with Crippen molar-refractivity contribution in [1.29, 1.82) is 0 Å². The Morgan fingerprint density at radius 2 is 1.48 bits per heavy atom. The van der Waals surface area contributed by atoms with Crippen LogP contribution in [0.4, 0.5) is 11.6 Å². The highest BCUT2D eigenvalue weighted by Crippen LogP contribution is 2.36. The maximum Gasteiger partial charge on any atom is 0.256 e. The Morgan fingerprint density at radius 1 is 0.833 bits per heavy atom. The first-order chi connectivity index (χ1) is 29.3. The first-order valence-electron chi connectivity index (χ1n) is 21.1. The first-order valence-corrected chi connectivity index (χ1v) is 21.5. The van der Waals surface area contributed by atoms with E-state index >= 15 is 0 Å². The van der Waals surface area contributed by atoms with Crippen molar-refractivity contribution in [3.8, 4) is 22.8 Å². The molecule has 1 aliphatic heterocycles. The monoisotopic (exact) mass is 855 g/mol. The third-order valence-electron chi connectivity index (χ3n) is 10.3. The number of rotatable bonds is 26. The molecule has 330 valence electrons. The molecule has 2 fully saturated rings. The van der Waals surface area contributed by atoms with E-state index in [1.54, 1.807) is 30.5 Å². The van der Waals surface area contributed by atoms with Gasteiger partial charge in [0.25, 0.3) is 5.88 Å². The molecule has 1 aliphatic carbocycles. The van der Waals surface area contributed by atoms with Crippen LogP contribution in [0.1, 0.15) is 58.9 Å². The topological polar surface area (TPSA) is 163 Å². The zero-order valence-corrected chi connectivity index (χ0v) is 36.2. The van der Waals surface area contributed by atoms with Gasteiger partial charge in [-0.25, -0.2) is 19.6 Å². The number of halogens is 1. The summed E-state index contributed by atoms with van der Waals surface area (Å²) in [6.45, 7) is 14.0. The van der Waals surface area contributed by atoms with Crippen LogP contribution in [-0.4, -0.2) is 150 Å². The molecule has 3 atom stereocenters. The lowest BCUT2D eigenvalue weighted by Crippen LogP contribution is -2.51. The largest absolute Gasteiger partial charge is 0.487 e. The molecule has 17 nitrogen and oxygen atoms in total. The molecule has 0 spiro atoms. The molecule has 1 saturated heterocycles. The standard InChI is InChI=1S/C42H62ClN9O8/c1-31-25-50(26-32(2)59-31)36-7-9-37(10-8-36)52-28-39(41(49-52)58-13-5-12-54-16-17-56-20-21-57-19-18-55-15-14-53-4)48-42-45-23-35(24-46-42)34-6-11-38(43)40(22-34)60-33(3)27-51-30-44-29-47-51/h6,11,22-24,28-33,36-37H,5,7-10,12-21,25-27H2,1-4H3,(H,45,46,48)/t31-,32+,33-,36-,37-/m0/s1. The minimum Gasteiger partial charge on any atom is -0.487 e. The van der Waals surface area contributed by atoms with E-state index in [2.05, 4.69) is 48.8 Å². The molecule has 60 heavy (non-hydrogen) atoms. The van der Waals surface area contributed by atoms with Crippen LogP contribution in [0.15, 0.2) is 49.4 Å². The van der Waals surface area contributed by atoms with E-state index in [1.165, 1.54) is 6.33 Å². The maximum absolute atomic E-state index is 6.51. The van der Waals surface area contributed by atoms with Gasteiger partial charge in [0.15, 0.2) is 0 Å². The molecule has 1 saturated carbocycles. The molecule has 0 unspecified atom stereocenters. The maximum atomic E-state index is 6.51. The zero-order chi connectivity index (χ0) is 41.9. The third-order valence-corrected chi connectivity index (χ3v) is 10.6. The van der Waals surface area contributed by atoms with Gasteiger partial charge in [-0.2, -0.15) is 5.10 Å². The molecule has 1 N–H and O–H groups in total. The Kier molecular flexibility index (Phi) is 18.6. The van der Waals surface area contributed by atoms with Gasteiger partial charge < -0.3 is 43.2 Å². The molecule has 4 aromatic rings. The van der Waals surface area contributed by atoms with Crippen LogP contribution in [0.5, 0.6) is 11.6 Å². The minimum atomic E-state index is -0.182. The smallest absolute Gasteiger partial charge is 0.256 e. The Bertz CT molecular complexity index is 1790. The van der Waals surface area contributed by atoms with Crippen molar-refractivity contribution in [1.82, 2.24) is 39.4 Å². The van der Waals surface area contributed by atoms with E-state index < -0.39 is 0 Å². The minimum absolute atomic E-state index is 0.182. The van der Waals surface area contributed by atoms with Crippen LogP contribution in [-0.2, 0) is 35.0 Å². The number of hydrogen-bond donors (Lipinski definition) is 1. The lowest BCUT2D eigenvalue weighted by molar-refractivity contribution is -0.0852. The van der Waals surface area contributed by atoms with Crippen LogP contribution in [0.25, 0.3) is 11.1 Å². The molecule has 4 heterocycles. The summed E-state index contributed by atoms with van der Waals surface area (Å²) in [5, 5.41) is 13.0. The highest BCUT2D eigenvalue weighted by Gasteiger charge is 2.32. The number of nitrogens with zero attached hydrogens (tertiary/aromatic N) is 8. The van der Waals surface area contributed by atoms with Gasteiger partial charge in [-0.1, -0.05) is 17.7 Å². The molecular formula is C42H62ClN9O8. The van der Waals surface area contributed by atoms with Gasteiger partial charge in [-0.15, -0.1) is 5.10 Å². The van der Waals surface area contributed by atoms with Crippen LogP contribution in [0.3, 0.4) is 0 Å². The highest BCUT2D eigenvalue weighted by atomic mass is 35.5. The summed E-state index contributed by atoms with van der Waals surface area (Å²) in [4.78, 5) is 15.9. The van der Waals surface area contributed by atoms with Crippen molar-refractivity contribution in [2.75, 3.05) is 91.6 Å². The van der Waals surface area contributed by atoms with Crippen molar-refractivity contribution >= 4 is 23.2 Å². The molecule has 18 heteroatoms. The predicted molar refractivity (Wildman–Crippen MR) is 226 cm³/mol. The molecule has 0 bridgehead atoms. The number of ether oxygens (including phenoxy) is 8.